The molecule has 6 rings (SSSR count). The lowest BCUT2D eigenvalue weighted by Crippen LogP contribution is -2.50. The quantitative estimate of drug-likeness (QED) is 0.398. The molecular weight excluding hydrogens is 478 g/mol. The van der Waals surface area contributed by atoms with Crippen molar-refractivity contribution in [2.24, 2.45) is 0 Å². The van der Waals surface area contributed by atoms with Gasteiger partial charge in [0.15, 0.2) is 0 Å². The summed E-state index contributed by atoms with van der Waals surface area (Å²) in [4.78, 5) is 38.9. The number of carbonyl (C=O) groups is 2. The number of anilines is 1. The van der Waals surface area contributed by atoms with E-state index in [0.29, 0.717) is 31.5 Å². The Morgan fingerprint density at radius 3 is 2.58 bits per heavy atom. The molecule has 0 saturated carbocycles. The molecule has 38 heavy (non-hydrogen) atoms. The van der Waals surface area contributed by atoms with Crippen molar-refractivity contribution in [3.05, 3.63) is 90.0 Å². The summed E-state index contributed by atoms with van der Waals surface area (Å²) in [6, 6.07) is 19.6. The smallest absolute Gasteiger partial charge is 0.409 e. The van der Waals surface area contributed by atoms with E-state index >= 15 is 0 Å². The topological polar surface area (TPSA) is 99.4 Å². The van der Waals surface area contributed by atoms with Gasteiger partial charge in [0.1, 0.15) is 0 Å². The number of ether oxygens (including phenoxy) is 1. The third-order valence-electron chi connectivity index (χ3n) is 7.80. The summed E-state index contributed by atoms with van der Waals surface area (Å²) in [6.45, 7) is 1.16. The van der Waals surface area contributed by atoms with Crippen LogP contribution in [-0.4, -0.2) is 47.1 Å². The summed E-state index contributed by atoms with van der Waals surface area (Å²) in [7, 11) is 1.37. The van der Waals surface area contributed by atoms with Crippen molar-refractivity contribution in [2.75, 3.05) is 25.1 Å². The van der Waals surface area contributed by atoms with Crippen molar-refractivity contribution in [1.29, 1.82) is 5.26 Å². The number of benzene rings is 2. The van der Waals surface area contributed by atoms with Gasteiger partial charge in [-0.3, -0.25) is 14.8 Å². The van der Waals surface area contributed by atoms with Gasteiger partial charge in [-0.2, -0.15) is 5.26 Å². The van der Waals surface area contributed by atoms with Crippen LogP contribution in [0, 0.1) is 11.3 Å². The predicted octanol–water partition coefficient (Wildman–Crippen LogP) is 4.82. The van der Waals surface area contributed by atoms with Crippen LogP contribution in [0.25, 0.3) is 21.9 Å². The van der Waals surface area contributed by atoms with Crippen LogP contribution in [0.1, 0.15) is 29.7 Å². The van der Waals surface area contributed by atoms with E-state index in [9.17, 15) is 14.9 Å². The molecule has 2 aliphatic heterocycles. The Morgan fingerprint density at radius 1 is 1.08 bits per heavy atom. The van der Waals surface area contributed by atoms with E-state index in [1.54, 1.807) is 34.3 Å². The fourth-order valence-corrected chi connectivity index (χ4v) is 5.84. The highest BCUT2D eigenvalue weighted by Crippen LogP contribution is 2.48. The van der Waals surface area contributed by atoms with Gasteiger partial charge in [0.05, 0.1) is 48.3 Å². The monoisotopic (exact) mass is 503 g/mol. The van der Waals surface area contributed by atoms with Crippen LogP contribution in [0.2, 0.25) is 0 Å². The number of carbonyl (C=O) groups excluding carboxylic acids is 2. The highest BCUT2D eigenvalue weighted by Gasteiger charge is 2.52. The Hall–Kier alpha value is -4.77. The van der Waals surface area contributed by atoms with Gasteiger partial charge in [-0.15, -0.1) is 0 Å². The molecule has 2 aromatic heterocycles. The number of piperidine rings is 1. The van der Waals surface area contributed by atoms with Crippen LogP contribution in [0.15, 0.2) is 73.2 Å². The molecule has 2 aromatic carbocycles. The van der Waals surface area contributed by atoms with Gasteiger partial charge >= 0.3 is 6.09 Å². The maximum atomic E-state index is 14.2. The number of nitriles is 1. The molecule has 4 heterocycles. The number of aromatic nitrogens is 2. The molecule has 2 amide bonds. The second kappa shape index (κ2) is 9.27. The van der Waals surface area contributed by atoms with E-state index in [2.05, 4.69) is 17.1 Å². The summed E-state index contributed by atoms with van der Waals surface area (Å²) < 4.78 is 4.90. The summed E-state index contributed by atoms with van der Waals surface area (Å²) in [5.41, 5.74) is 4.23. The number of hydrogen-bond acceptors (Lipinski definition) is 6. The Labute approximate surface area is 220 Å². The highest BCUT2D eigenvalue weighted by molar-refractivity contribution is 6.08. The van der Waals surface area contributed by atoms with Crippen molar-refractivity contribution in [3.63, 3.8) is 0 Å². The van der Waals surface area contributed by atoms with E-state index in [1.165, 1.54) is 7.11 Å². The standard InChI is InChI=1S/C30H25N5O3/c1-38-29(37)34-14-11-30(12-15-34)24-10-13-32-18-26(24)35(28(30)36)19-25-27(21-8-6-20(16-31)7-9-21)23-5-3-2-4-22(23)17-33-25/h2-10,13,17-18H,11-12,14-15,19H2,1H3. The minimum Gasteiger partial charge on any atom is -0.453 e. The number of fused-ring (bicyclic) bond motifs is 3. The number of rotatable bonds is 3. The van der Waals surface area contributed by atoms with Gasteiger partial charge in [-0.25, -0.2) is 4.79 Å². The maximum absolute atomic E-state index is 14.2. The average Bonchev–Trinajstić information content (AvgIpc) is 3.20. The van der Waals surface area contributed by atoms with Gasteiger partial charge < -0.3 is 14.5 Å². The fraction of sp³-hybridized carbons (Fsp3) is 0.233. The van der Waals surface area contributed by atoms with Crippen molar-refractivity contribution in [1.82, 2.24) is 14.9 Å². The molecule has 8 heteroatoms. The second-order valence-electron chi connectivity index (χ2n) is 9.68. The first-order chi connectivity index (χ1) is 18.6. The summed E-state index contributed by atoms with van der Waals surface area (Å²) >= 11 is 0. The first-order valence-corrected chi connectivity index (χ1v) is 12.5. The molecule has 188 valence electrons. The first-order valence-electron chi connectivity index (χ1n) is 12.5. The minimum atomic E-state index is -0.714. The van der Waals surface area contributed by atoms with E-state index in [0.717, 1.165) is 38.8 Å². The number of nitrogens with zero attached hydrogens (tertiary/aromatic N) is 5. The number of hydrogen-bond donors (Lipinski definition) is 0. The van der Waals surface area contributed by atoms with Crippen LogP contribution in [-0.2, 0) is 21.5 Å². The van der Waals surface area contributed by atoms with Crippen LogP contribution in [0.5, 0.6) is 0 Å². The van der Waals surface area contributed by atoms with Gasteiger partial charge in [-0.1, -0.05) is 36.4 Å². The molecule has 0 unspecified atom stereocenters. The zero-order valence-corrected chi connectivity index (χ0v) is 20.9. The lowest BCUT2D eigenvalue weighted by molar-refractivity contribution is -0.124. The molecule has 1 spiro atoms. The SMILES string of the molecule is COC(=O)N1CCC2(CC1)C(=O)N(Cc1ncc3ccccc3c1-c1ccc(C#N)cc1)c1cnccc12. The Bertz CT molecular complexity index is 1600. The van der Waals surface area contributed by atoms with Crippen molar-refractivity contribution in [3.8, 4) is 17.2 Å². The number of methoxy groups -OCH3 is 1. The van der Waals surface area contributed by atoms with Crippen molar-refractivity contribution < 1.29 is 14.3 Å². The van der Waals surface area contributed by atoms with Crippen LogP contribution >= 0.6 is 0 Å². The predicted molar refractivity (Wildman–Crippen MR) is 142 cm³/mol. The Morgan fingerprint density at radius 2 is 1.84 bits per heavy atom. The largest absolute Gasteiger partial charge is 0.453 e. The molecule has 8 nitrogen and oxygen atoms in total. The molecule has 0 aliphatic carbocycles. The molecular formula is C30H25N5O3. The number of pyridine rings is 2. The van der Waals surface area contributed by atoms with Crippen LogP contribution in [0.3, 0.4) is 0 Å². The number of likely N-dealkylation sites (tertiary alicyclic amines) is 1. The molecule has 4 aromatic rings. The maximum Gasteiger partial charge on any atom is 0.409 e. The average molecular weight is 504 g/mol. The zero-order chi connectivity index (χ0) is 26.3. The third-order valence-corrected chi connectivity index (χ3v) is 7.80. The summed E-state index contributed by atoms with van der Waals surface area (Å²) in [6.07, 6.45) is 5.97. The summed E-state index contributed by atoms with van der Waals surface area (Å²) in [5.74, 6) is 0.00533. The highest BCUT2D eigenvalue weighted by atomic mass is 16.5. The molecule has 0 bridgehead atoms. The Balaban J connectivity index is 1.42. The van der Waals surface area contributed by atoms with Gasteiger partial charge in [0.25, 0.3) is 0 Å². The Kier molecular flexibility index (Phi) is 5.76. The molecule has 0 N–H and O–H groups in total. The molecule has 1 fully saturated rings. The zero-order valence-electron chi connectivity index (χ0n) is 20.9. The molecule has 2 aliphatic rings. The van der Waals surface area contributed by atoms with Gasteiger partial charge in [0.2, 0.25) is 5.91 Å². The van der Waals surface area contributed by atoms with Crippen LogP contribution < -0.4 is 4.90 Å². The number of amides is 2. The van der Waals surface area contributed by atoms with Gasteiger partial charge in [-0.05, 0) is 47.6 Å². The normalized spacial score (nSPS) is 15.9. The van der Waals surface area contributed by atoms with E-state index in [1.807, 2.05) is 42.6 Å². The van der Waals surface area contributed by atoms with Crippen molar-refractivity contribution in [2.45, 2.75) is 24.8 Å². The van der Waals surface area contributed by atoms with E-state index < -0.39 is 5.41 Å². The lowest BCUT2D eigenvalue weighted by atomic mass is 9.74. The minimum absolute atomic E-state index is 0.00533. The van der Waals surface area contributed by atoms with E-state index in [-0.39, 0.29) is 18.5 Å². The lowest BCUT2D eigenvalue weighted by Gasteiger charge is -2.37. The molecule has 0 atom stereocenters. The summed E-state index contributed by atoms with van der Waals surface area (Å²) in [5, 5.41) is 11.3. The third kappa shape index (κ3) is 3.67. The van der Waals surface area contributed by atoms with Crippen molar-refractivity contribution >= 4 is 28.5 Å². The first kappa shape index (κ1) is 23.6. The van der Waals surface area contributed by atoms with Gasteiger partial charge in [0, 0.05) is 36.4 Å². The van der Waals surface area contributed by atoms with E-state index in [4.69, 9.17) is 9.72 Å². The molecule has 0 radical (unpaired) electrons. The molecule has 1 saturated heterocycles. The fourth-order valence-electron chi connectivity index (χ4n) is 5.84. The second-order valence-corrected chi connectivity index (χ2v) is 9.68. The van der Waals surface area contributed by atoms with Crippen LogP contribution in [0.4, 0.5) is 10.5 Å².